The molecule has 0 aliphatic carbocycles. The van der Waals surface area contributed by atoms with E-state index in [0.29, 0.717) is 17.7 Å². The maximum atomic E-state index is 12.2. The molecule has 2 amide bonds. The molecule has 138 valence electrons. The molecule has 9 nitrogen and oxygen atoms in total. The minimum atomic E-state index is -1.10. The number of benzene rings is 1. The SMILES string of the molecule is CC(C)C[C@H](NC(=O)CNC(=O)c1cccc(-n2cncn2)c1)C(=O)O. The van der Waals surface area contributed by atoms with E-state index in [2.05, 4.69) is 20.7 Å². The average Bonchev–Trinajstić information content (AvgIpc) is 3.13. The molecule has 1 aromatic carbocycles. The zero-order valence-electron chi connectivity index (χ0n) is 14.5. The summed E-state index contributed by atoms with van der Waals surface area (Å²) in [6.45, 7) is 3.42. The highest BCUT2D eigenvalue weighted by atomic mass is 16.4. The summed E-state index contributed by atoms with van der Waals surface area (Å²) >= 11 is 0. The van der Waals surface area contributed by atoms with Crippen LogP contribution in [0.4, 0.5) is 0 Å². The third-order valence-electron chi connectivity index (χ3n) is 3.54. The van der Waals surface area contributed by atoms with Gasteiger partial charge in [0.05, 0.1) is 12.2 Å². The number of aliphatic carboxylic acids is 1. The van der Waals surface area contributed by atoms with Gasteiger partial charge in [-0.25, -0.2) is 14.5 Å². The summed E-state index contributed by atoms with van der Waals surface area (Å²) < 4.78 is 1.51. The zero-order valence-corrected chi connectivity index (χ0v) is 14.5. The minimum Gasteiger partial charge on any atom is -0.480 e. The Hall–Kier alpha value is -3.23. The van der Waals surface area contributed by atoms with Crippen LogP contribution in [-0.4, -0.2) is 50.2 Å². The van der Waals surface area contributed by atoms with E-state index in [1.165, 1.54) is 17.3 Å². The third kappa shape index (κ3) is 5.40. The molecule has 0 bridgehead atoms. The van der Waals surface area contributed by atoms with Crippen molar-refractivity contribution in [3.8, 4) is 5.69 Å². The van der Waals surface area contributed by atoms with Crippen LogP contribution in [0.15, 0.2) is 36.9 Å². The first-order valence-electron chi connectivity index (χ1n) is 8.12. The molecular weight excluding hydrogens is 338 g/mol. The smallest absolute Gasteiger partial charge is 0.326 e. The van der Waals surface area contributed by atoms with Crippen LogP contribution in [0, 0.1) is 5.92 Å². The first kappa shape index (κ1) is 19.1. The van der Waals surface area contributed by atoms with Gasteiger partial charge in [-0.05, 0) is 30.5 Å². The van der Waals surface area contributed by atoms with Crippen molar-refractivity contribution in [2.45, 2.75) is 26.3 Å². The van der Waals surface area contributed by atoms with Gasteiger partial charge in [0.1, 0.15) is 18.7 Å². The average molecular weight is 359 g/mol. The van der Waals surface area contributed by atoms with E-state index in [0.717, 1.165) is 0 Å². The van der Waals surface area contributed by atoms with Crippen molar-refractivity contribution in [2.75, 3.05) is 6.54 Å². The van der Waals surface area contributed by atoms with Crippen molar-refractivity contribution in [3.63, 3.8) is 0 Å². The number of hydrogen-bond acceptors (Lipinski definition) is 5. The van der Waals surface area contributed by atoms with Gasteiger partial charge in [0, 0.05) is 5.56 Å². The molecule has 1 aromatic heterocycles. The molecule has 1 atom stereocenters. The van der Waals surface area contributed by atoms with Crippen LogP contribution in [0.2, 0.25) is 0 Å². The Labute approximate surface area is 150 Å². The number of hydrogen-bond donors (Lipinski definition) is 3. The van der Waals surface area contributed by atoms with Crippen molar-refractivity contribution in [1.82, 2.24) is 25.4 Å². The number of nitrogens with one attached hydrogen (secondary N) is 2. The molecule has 0 fully saturated rings. The predicted octanol–water partition coefficient (Wildman–Crippen LogP) is 0.613. The maximum absolute atomic E-state index is 12.2. The van der Waals surface area contributed by atoms with Crippen molar-refractivity contribution >= 4 is 17.8 Å². The first-order chi connectivity index (χ1) is 12.4. The lowest BCUT2D eigenvalue weighted by Crippen LogP contribution is -2.46. The number of carbonyl (C=O) groups excluding carboxylic acids is 2. The fourth-order valence-electron chi connectivity index (χ4n) is 2.33. The first-order valence-corrected chi connectivity index (χ1v) is 8.12. The van der Waals surface area contributed by atoms with E-state index < -0.39 is 23.8 Å². The highest BCUT2D eigenvalue weighted by molar-refractivity contribution is 5.97. The summed E-state index contributed by atoms with van der Waals surface area (Å²) in [6.07, 6.45) is 3.20. The molecule has 9 heteroatoms. The monoisotopic (exact) mass is 359 g/mol. The third-order valence-corrected chi connectivity index (χ3v) is 3.54. The fourth-order valence-corrected chi connectivity index (χ4v) is 2.33. The molecule has 0 radical (unpaired) electrons. The second-order valence-corrected chi connectivity index (χ2v) is 6.16. The van der Waals surface area contributed by atoms with Crippen molar-refractivity contribution in [3.05, 3.63) is 42.5 Å². The summed E-state index contributed by atoms with van der Waals surface area (Å²) in [5, 5.41) is 18.0. The lowest BCUT2D eigenvalue weighted by Gasteiger charge is -2.16. The van der Waals surface area contributed by atoms with Crippen molar-refractivity contribution < 1.29 is 19.5 Å². The van der Waals surface area contributed by atoms with Crippen LogP contribution in [-0.2, 0) is 9.59 Å². The normalized spacial score (nSPS) is 11.8. The molecule has 0 spiro atoms. The summed E-state index contributed by atoms with van der Waals surface area (Å²) in [5.41, 5.74) is 1.00. The summed E-state index contributed by atoms with van der Waals surface area (Å²) in [6, 6.07) is 5.69. The van der Waals surface area contributed by atoms with Gasteiger partial charge in [0.25, 0.3) is 5.91 Å². The van der Waals surface area contributed by atoms with Crippen LogP contribution in [0.3, 0.4) is 0 Å². The van der Waals surface area contributed by atoms with Crippen LogP contribution in [0.1, 0.15) is 30.6 Å². The van der Waals surface area contributed by atoms with Crippen LogP contribution >= 0.6 is 0 Å². The molecule has 0 unspecified atom stereocenters. The minimum absolute atomic E-state index is 0.116. The van der Waals surface area contributed by atoms with E-state index in [1.54, 1.807) is 24.3 Å². The number of nitrogens with zero attached hydrogens (tertiary/aromatic N) is 3. The Morgan fingerprint density at radius 2 is 2.04 bits per heavy atom. The Morgan fingerprint density at radius 3 is 2.65 bits per heavy atom. The molecular formula is C17H21N5O4. The number of carboxylic acid groups (broad SMARTS) is 1. The maximum Gasteiger partial charge on any atom is 0.326 e. The molecule has 2 aromatic rings. The summed E-state index contributed by atoms with van der Waals surface area (Å²) in [7, 11) is 0. The number of carboxylic acids is 1. The topological polar surface area (TPSA) is 126 Å². The molecule has 3 N–H and O–H groups in total. The van der Waals surface area contributed by atoms with E-state index in [4.69, 9.17) is 5.11 Å². The standard InChI is InChI=1S/C17H21N5O4/c1-11(2)6-14(17(25)26)21-15(23)8-19-16(24)12-4-3-5-13(7-12)22-10-18-9-20-22/h3-5,7,9-11,14H,6,8H2,1-2H3,(H,19,24)(H,21,23)(H,25,26)/t14-/m0/s1. The van der Waals surface area contributed by atoms with Gasteiger partial charge in [-0.3, -0.25) is 9.59 Å². The summed E-state index contributed by atoms with van der Waals surface area (Å²) in [5.74, 6) is -1.99. The number of aromatic nitrogens is 3. The zero-order chi connectivity index (χ0) is 19.1. The Bertz CT molecular complexity index is 773. The highest BCUT2D eigenvalue weighted by Crippen LogP contribution is 2.09. The van der Waals surface area contributed by atoms with Crippen LogP contribution in [0.25, 0.3) is 5.69 Å². The lowest BCUT2D eigenvalue weighted by molar-refractivity contribution is -0.142. The lowest BCUT2D eigenvalue weighted by atomic mass is 10.0. The number of rotatable bonds is 8. The van der Waals surface area contributed by atoms with Crippen molar-refractivity contribution in [2.24, 2.45) is 5.92 Å². The van der Waals surface area contributed by atoms with Crippen LogP contribution < -0.4 is 10.6 Å². The predicted molar refractivity (Wildman–Crippen MR) is 92.7 cm³/mol. The van der Waals surface area contributed by atoms with Gasteiger partial charge in [0.2, 0.25) is 5.91 Å². The molecule has 26 heavy (non-hydrogen) atoms. The van der Waals surface area contributed by atoms with Crippen LogP contribution in [0.5, 0.6) is 0 Å². The molecule has 0 aliphatic rings. The van der Waals surface area contributed by atoms with Gasteiger partial charge >= 0.3 is 5.97 Å². The molecule has 2 rings (SSSR count). The Morgan fingerprint density at radius 1 is 1.27 bits per heavy atom. The second kappa shape index (κ2) is 8.75. The number of carbonyl (C=O) groups is 3. The molecule has 0 aliphatic heterocycles. The Kier molecular flexibility index (Phi) is 6.42. The molecule has 1 heterocycles. The van der Waals surface area contributed by atoms with Gasteiger partial charge in [-0.2, -0.15) is 5.10 Å². The van der Waals surface area contributed by atoms with E-state index in [-0.39, 0.29) is 12.5 Å². The van der Waals surface area contributed by atoms with Gasteiger partial charge in [-0.1, -0.05) is 19.9 Å². The van der Waals surface area contributed by atoms with Gasteiger partial charge in [0.15, 0.2) is 0 Å². The van der Waals surface area contributed by atoms with E-state index in [9.17, 15) is 14.4 Å². The second-order valence-electron chi connectivity index (χ2n) is 6.16. The van der Waals surface area contributed by atoms with Crippen molar-refractivity contribution in [1.29, 1.82) is 0 Å². The van der Waals surface area contributed by atoms with Gasteiger partial charge in [-0.15, -0.1) is 0 Å². The molecule has 0 saturated carbocycles. The van der Waals surface area contributed by atoms with E-state index in [1.807, 2.05) is 13.8 Å². The largest absolute Gasteiger partial charge is 0.480 e. The summed E-state index contributed by atoms with van der Waals surface area (Å²) in [4.78, 5) is 39.1. The quantitative estimate of drug-likeness (QED) is 0.634. The number of amides is 2. The highest BCUT2D eigenvalue weighted by Gasteiger charge is 2.21. The van der Waals surface area contributed by atoms with E-state index >= 15 is 0 Å². The fraction of sp³-hybridized carbons (Fsp3) is 0.353. The van der Waals surface area contributed by atoms with Gasteiger partial charge < -0.3 is 15.7 Å². The Balaban J connectivity index is 1.93. The molecule has 0 saturated heterocycles.